The molecule has 12 rings (SSSR count). The first-order chi connectivity index (χ1) is 30.8. The van der Waals surface area contributed by atoms with Crippen molar-refractivity contribution in [3.63, 3.8) is 0 Å². The summed E-state index contributed by atoms with van der Waals surface area (Å²) in [7, 11) is 0. The third-order valence-electron chi connectivity index (χ3n) is 11.9. The highest BCUT2D eigenvalue weighted by molar-refractivity contribution is 6.06. The van der Waals surface area contributed by atoms with Crippen LogP contribution in [0, 0.1) is 0 Å². The first-order valence-electron chi connectivity index (χ1n) is 22.0. The molecule has 0 aliphatic heterocycles. The van der Waals surface area contributed by atoms with Crippen molar-refractivity contribution >= 4 is 56.1 Å². The van der Waals surface area contributed by atoms with E-state index >= 15 is 0 Å². The van der Waals surface area contributed by atoms with Gasteiger partial charge >= 0.3 is 0 Å². The zero-order chi connectivity index (χ0) is 42.6. The van der Waals surface area contributed by atoms with Crippen LogP contribution in [0.1, 0.15) is 29.1 Å². The van der Waals surface area contributed by atoms with Gasteiger partial charge in [0.15, 0.2) is 0 Å². The van der Waals surface area contributed by atoms with E-state index < -0.39 is 23.5 Å². The largest absolute Gasteiger partial charge is 0.456 e. The lowest BCUT2D eigenvalue weighted by Crippen LogP contribution is -2.26. The number of benzene rings is 9. The zero-order valence-electron chi connectivity index (χ0n) is 36.2. The summed E-state index contributed by atoms with van der Waals surface area (Å²) < 4.78 is 51.0. The standard InChI is InChI=1S/C55H36N2O/c1-4-16-37(17-5-1)56(38-18-6-2-7-19-38)40-28-31-45-43-22-10-13-25-49(43)55(51(45)34-40)50-26-14-11-23-44(50)46-32-29-41(35-52(46)55)57(39-20-8-3-9-21-39)42-30-33-48-47-24-12-15-27-53(47)58-54(48)36-42/h1-36H/i3D,8D,9D,20D,21D. The third-order valence-corrected chi connectivity index (χ3v) is 11.9. The van der Waals surface area contributed by atoms with Gasteiger partial charge in [0.1, 0.15) is 11.2 Å². The van der Waals surface area contributed by atoms with E-state index in [0.29, 0.717) is 17.0 Å². The number of para-hydroxylation sites is 4. The Bertz CT molecular complexity index is 3410. The lowest BCUT2D eigenvalue weighted by Gasteiger charge is -2.33. The van der Waals surface area contributed by atoms with Crippen LogP contribution in [0.15, 0.2) is 223 Å². The van der Waals surface area contributed by atoms with E-state index in [9.17, 15) is 2.74 Å². The summed E-state index contributed by atoms with van der Waals surface area (Å²) in [5, 5.41) is 1.90. The molecule has 2 aliphatic carbocycles. The van der Waals surface area contributed by atoms with Gasteiger partial charge < -0.3 is 14.2 Å². The number of fused-ring (bicyclic) bond motifs is 13. The van der Waals surface area contributed by atoms with Gasteiger partial charge in [-0.05, 0) is 123 Å². The van der Waals surface area contributed by atoms with E-state index in [2.05, 4.69) is 132 Å². The first-order valence-corrected chi connectivity index (χ1v) is 19.5. The monoisotopic (exact) mass is 745 g/mol. The fourth-order valence-corrected chi connectivity index (χ4v) is 9.61. The van der Waals surface area contributed by atoms with Crippen LogP contribution in [-0.2, 0) is 5.41 Å². The van der Waals surface area contributed by atoms with Crippen molar-refractivity contribution < 1.29 is 11.3 Å². The van der Waals surface area contributed by atoms with Crippen molar-refractivity contribution in [3.05, 3.63) is 241 Å². The van der Waals surface area contributed by atoms with Crippen LogP contribution in [0.25, 0.3) is 44.2 Å². The molecule has 9 aromatic carbocycles. The van der Waals surface area contributed by atoms with Gasteiger partial charge in [-0.2, -0.15) is 0 Å². The quantitative estimate of drug-likeness (QED) is 0.169. The van der Waals surface area contributed by atoms with Gasteiger partial charge in [0, 0.05) is 51.0 Å². The van der Waals surface area contributed by atoms with Gasteiger partial charge in [0.2, 0.25) is 0 Å². The maximum absolute atomic E-state index is 9.29. The van der Waals surface area contributed by atoms with E-state index in [1.54, 1.807) is 4.90 Å². The smallest absolute Gasteiger partial charge is 0.137 e. The van der Waals surface area contributed by atoms with E-state index in [0.717, 1.165) is 77.9 Å². The van der Waals surface area contributed by atoms with E-state index in [4.69, 9.17) is 8.53 Å². The van der Waals surface area contributed by atoms with Gasteiger partial charge in [0.05, 0.1) is 12.3 Å². The number of hydrogen-bond donors (Lipinski definition) is 0. The van der Waals surface area contributed by atoms with Crippen LogP contribution in [0.4, 0.5) is 34.1 Å². The van der Waals surface area contributed by atoms with Crippen molar-refractivity contribution in [1.29, 1.82) is 0 Å². The Hall–Kier alpha value is -7.62. The van der Waals surface area contributed by atoms with Crippen LogP contribution in [0.3, 0.4) is 0 Å². The molecular weight excluding hydrogens is 705 g/mol. The van der Waals surface area contributed by atoms with Gasteiger partial charge in [0.25, 0.3) is 0 Å². The number of rotatable bonds is 6. The molecule has 0 saturated carbocycles. The summed E-state index contributed by atoms with van der Waals surface area (Å²) in [4.78, 5) is 4.10. The normalized spacial score (nSPS) is 15.8. The molecule has 1 unspecified atom stereocenters. The molecule has 1 atom stereocenters. The summed E-state index contributed by atoms with van der Waals surface area (Å²) in [6, 6.07) is 63.1. The molecule has 1 heterocycles. The minimum absolute atomic E-state index is 0.0526. The Balaban J connectivity index is 1.14. The maximum atomic E-state index is 9.29. The molecule has 0 N–H and O–H groups in total. The van der Waals surface area contributed by atoms with Crippen molar-refractivity contribution in [1.82, 2.24) is 0 Å². The molecule has 2 aliphatic rings. The van der Waals surface area contributed by atoms with Crippen molar-refractivity contribution in [2.45, 2.75) is 5.41 Å². The summed E-state index contributed by atoms with van der Waals surface area (Å²) in [5.41, 5.74) is 14.0. The predicted molar refractivity (Wildman–Crippen MR) is 239 cm³/mol. The highest BCUT2D eigenvalue weighted by atomic mass is 16.3. The Morgan fingerprint density at radius 1 is 0.345 bits per heavy atom. The van der Waals surface area contributed by atoms with Crippen LogP contribution >= 0.6 is 0 Å². The third kappa shape index (κ3) is 4.68. The van der Waals surface area contributed by atoms with Gasteiger partial charge in [-0.1, -0.05) is 133 Å². The van der Waals surface area contributed by atoms with E-state index in [1.165, 1.54) is 0 Å². The second-order valence-electron chi connectivity index (χ2n) is 14.9. The fraction of sp³-hybridized carbons (Fsp3) is 0.0182. The lowest BCUT2D eigenvalue weighted by atomic mass is 9.70. The van der Waals surface area contributed by atoms with Crippen LogP contribution in [0.2, 0.25) is 0 Å². The lowest BCUT2D eigenvalue weighted by molar-refractivity contribution is 0.669. The summed E-state index contributed by atoms with van der Waals surface area (Å²) >= 11 is 0. The molecule has 0 saturated heterocycles. The second kappa shape index (κ2) is 12.7. The van der Waals surface area contributed by atoms with Crippen molar-refractivity contribution in [2.75, 3.05) is 9.80 Å². The summed E-state index contributed by atoms with van der Waals surface area (Å²) in [6.07, 6.45) is 0. The maximum Gasteiger partial charge on any atom is 0.137 e. The molecule has 3 nitrogen and oxygen atoms in total. The average Bonchev–Trinajstić information content (AvgIpc) is 3.95. The molecule has 0 fully saturated rings. The molecule has 1 aromatic heterocycles. The van der Waals surface area contributed by atoms with Crippen molar-refractivity contribution in [2.24, 2.45) is 0 Å². The first kappa shape index (κ1) is 27.9. The molecule has 1 spiro atoms. The molecule has 0 amide bonds. The SMILES string of the molecule is [2H]c1c([2H])c([2H])c(N(c2ccc3c(c2)C2(c4ccccc4-c4ccc(N(c5ccccc5)c5ccccc5)cc42)c2ccccc2-3)c2ccc3c(c2)oc2ccccc23)c([2H])c1[2H]. The molecule has 10 aromatic rings. The second-order valence-corrected chi connectivity index (χ2v) is 14.9. The highest BCUT2D eigenvalue weighted by Gasteiger charge is 2.52. The molecule has 3 heteroatoms. The van der Waals surface area contributed by atoms with E-state index in [1.807, 2.05) is 60.7 Å². The Morgan fingerprint density at radius 2 is 0.810 bits per heavy atom. The molecule has 0 radical (unpaired) electrons. The highest BCUT2D eigenvalue weighted by Crippen LogP contribution is 2.64. The van der Waals surface area contributed by atoms with E-state index in [-0.39, 0.29) is 17.8 Å². The van der Waals surface area contributed by atoms with Crippen LogP contribution in [-0.4, -0.2) is 0 Å². The molecule has 272 valence electrons. The minimum Gasteiger partial charge on any atom is -0.456 e. The van der Waals surface area contributed by atoms with Crippen LogP contribution in [0.5, 0.6) is 0 Å². The topological polar surface area (TPSA) is 19.6 Å². The Labute approximate surface area is 344 Å². The Morgan fingerprint density at radius 3 is 1.43 bits per heavy atom. The Kier molecular flexibility index (Phi) is 6.11. The van der Waals surface area contributed by atoms with Gasteiger partial charge in [-0.25, -0.2) is 0 Å². The average molecular weight is 746 g/mol. The fourth-order valence-electron chi connectivity index (χ4n) is 9.61. The number of hydrogen-bond acceptors (Lipinski definition) is 3. The van der Waals surface area contributed by atoms with Crippen LogP contribution < -0.4 is 9.80 Å². The minimum atomic E-state index is -0.767. The predicted octanol–water partition coefficient (Wildman–Crippen LogP) is 14.9. The van der Waals surface area contributed by atoms with Gasteiger partial charge in [-0.3, -0.25) is 0 Å². The number of furan rings is 1. The molecule has 0 bridgehead atoms. The molecule has 58 heavy (non-hydrogen) atoms. The number of anilines is 6. The summed E-state index contributed by atoms with van der Waals surface area (Å²) in [5.74, 6) is 0. The number of nitrogens with zero attached hydrogens (tertiary/aromatic N) is 2. The van der Waals surface area contributed by atoms with Gasteiger partial charge in [-0.15, -0.1) is 0 Å². The zero-order valence-corrected chi connectivity index (χ0v) is 31.2. The van der Waals surface area contributed by atoms with Crippen molar-refractivity contribution in [3.8, 4) is 22.3 Å². The molecular formula is C55H36N2O. The summed E-state index contributed by atoms with van der Waals surface area (Å²) in [6.45, 7) is 0.